The van der Waals surface area contributed by atoms with Crippen LogP contribution in [0.15, 0.2) is 40.9 Å². The van der Waals surface area contributed by atoms with E-state index in [9.17, 15) is 4.79 Å². The summed E-state index contributed by atoms with van der Waals surface area (Å²) in [6.07, 6.45) is 0. The van der Waals surface area contributed by atoms with E-state index in [0.29, 0.717) is 17.1 Å². The molecule has 100 valence electrons. The molecule has 1 aromatic heterocycles. The average Bonchev–Trinajstić information content (AvgIpc) is 2.49. The molecule has 0 radical (unpaired) electrons. The molecule has 4 N–H and O–H groups in total. The van der Waals surface area contributed by atoms with Gasteiger partial charge in [0.05, 0.1) is 11.3 Å². The van der Waals surface area contributed by atoms with Crippen molar-refractivity contribution in [3.05, 3.63) is 52.1 Å². The predicted octanol–water partition coefficient (Wildman–Crippen LogP) is 2.25. The topological polar surface area (TPSA) is 104 Å². The Morgan fingerprint density at radius 2 is 2.15 bits per heavy atom. The quantitative estimate of drug-likeness (QED) is 0.591. The number of amides is 1. The van der Waals surface area contributed by atoms with E-state index in [1.807, 2.05) is 6.07 Å². The Balaban J connectivity index is 2.26. The highest BCUT2D eigenvalue weighted by Crippen LogP contribution is 2.20. The summed E-state index contributed by atoms with van der Waals surface area (Å²) < 4.78 is 0.763. The Labute approximate surface area is 123 Å². The first-order chi connectivity index (χ1) is 9.63. The lowest BCUT2D eigenvalue weighted by atomic mass is 10.2. The Morgan fingerprint density at radius 3 is 2.85 bits per heavy atom. The first kappa shape index (κ1) is 14.0. The summed E-state index contributed by atoms with van der Waals surface area (Å²) in [7, 11) is 0. The zero-order chi connectivity index (χ0) is 14.5. The second-order valence-corrected chi connectivity index (χ2v) is 4.72. The van der Waals surface area contributed by atoms with Gasteiger partial charge < -0.3 is 10.7 Å². The lowest BCUT2D eigenvalue weighted by molar-refractivity contribution is 0.102. The number of hydrogen-bond donors (Lipinski definition) is 3. The molecule has 0 aliphatic heterocycles. The fraction of sp³-hybridized carbons (Fsp3) is 0. The highest BCUT2D eigenvalue weighted by Gasteiger charge is 2.11. The summed E-state index contributed by atoms with van der Waals surface area (Å²) >= 11 is 3.27. The van der Waals surface area contributed by atoms with Gasteiger partial charge in [0.25, 0.3) is 5.91 Å². The van der Waals surface area contributed by atoms with Crippen molar-refractivity contribution in [3.8, 4) is 6.07 Å². The van der Waals surface area contributed by atoms with Gasteiger partial charge >= 0.3 is 0 Å². The Bertz CT molecular complexity index is 695. The zero-order valence-corrected chi connectivity index (χ0v) is 11.8. The van der Waals surface area contributed by atoms with Gasteiger partial charge in [-0.2, -0.15) is 5.26 Å². The van der Waals surface area contributed by atoms with Crippen LogP contribution in [0.4, 0.5) is 11.5 Å². The summed E-state index contributed by atoms with van der Waals surface area (Å²) in [6.45, 7) is 0. The number of hydrazine groups is 1. The van der Waals surface area contributed by atoms with Crippen LogP contribution < -0.4 is 16.6 Å². The Kier molecular flexibility index (Phi) is 4.30. The summed E-state index contributed by atoms with van der Waals surface area (Å²) in [6, 6.07) is 11.9. The molecule has 1 aromatic carbocycles. The van der Waals surface area contributed by atoms with Gasteiger partial charge in [-0.25, -0.2) is 10.8 Å². The van der Waals surface area contributed by atoms with E-state index >= 15 is 0 Å². The number of carbonyl (C=O) groups excluding carboxylic acids is 1. The van der Waals surface area contributed by atoms with Gasteiger partial charge in [0.1, 0.15) is 17.6 Å². The predicted molar refractivity (Wildman–Crippen MR) is 78.9 cm³/mol. The molecule has 20 heavy (non-hydrogen) atoms. The van der Waals surface area contributed by atoms with E-state index in [4.69, 9.17) is 11.1 Å². The number of carbonyl (C=O) groups is 1. The lowest BCUT2D eigenvalue weighted by Crippen LogP contribution is -2.16. The van der Waals surface area contributed by atoms with Gasteiger partial charge in [0.15, 0.2) is 0 Å². The number of pyridine rings is 1. The molecule has 0 aliphatic carbocycles. The molecule has 0 spiro atoms. The maximum absolute atomic E-state index is 12.1. The van der Waals surface area contributed by atoms with Crippen LogP contribution in [0.5, 0.6) is 0 Å². The number of benzene rings is 1. The highest BCUT2D eigenvalue weighted by molar-refractivity contribution is 9.10. The molecule has 0 atom stereocenters. The fourth-order valence-electron chi connectivity index (χ4n) is 1.55. The van der Waals surface area contributed by atoms with Crippen molar-refractivity contribution in [1.29, 1.82) is 5.26 Å². The number of nitrogens with zero attached hydrogens (tertiary/aromatic N) is 2. The van der Waals surface area contributed by atoms with Gasteiger partial charge in [-0.05, 0) is 30.3 Å². The molecule has 1 heterocycles. The SMILES string of the molecule is N#Cc1cc(Br)ccc1NC(=O)c1cccc(NN)n1. The van der Waals surface area contributed by atoms with Crippen LogP contribution in [0.25, 0.3) is 0 Å². The third-order valence-electron chi connectivity index (χ3n) is 2.48. The number of anilines is 2. The third kappa shape index (κ3) is 3.12. The van der Waals surface area contributed by atoms with Gasteiger partial charge in [0, 0.05) is 4.47 Å². The number of nitrogens with two attached hydrogens (primary N) is 1. The van der Waals surface area contributed by atoms with Crippen LogP contribution in [0, 0.1) is 11.3 Å². The van der Waals surface area contributed by atoms with Gasteiger partial charge in [-0.1, -0.05) is 22.0 Å². The van der Waals surface area contributed by atoms with Crippen molar-refractivity contribution in [2.45, 2.75) is 0 Å². The first-order valence-electron chi connectivity index (χ1n) is 5.58. The molecule has 1 amide bonds. The van der Waals surface area contributed by atoms with Crippen LogP contribution in [-0.4, -0.2) is 10.9 Å². The van der Waals surface area contributed by atoms with Crippen molar-refractivity contribution < 1.29 is 4.79 Å². The van der Waals surface area contributed by atoms with Crippen LogP contribution in [-0.2, 0) is 0 Å². The number of nitriles is 1. The molecule has 2 rings (SSSR count). The van der Waals surface area contributed by atoms with E-state index < -0.39 is 5.91 Å². The number of halogens is 1. The summed E-state index contributed by atoms with van der Waals surface area (Å²) in [5.41, 5.74) is 3.35. The monoisotopic (exact) mass is 331 g/mol. The third-order valence-corrected chi connectivity index (χ3v) is 2.97. The van der Waals surface area contributed by atoms with Crippen molar-refractivity contribution in [2.24, 2.45) is 5.84 Å². The molecule has 0 aliphatic rings. The van der Waals surface area contributed by atoms with Gasteiger partial charge in [-0.3, -0.25) is 4.79 Å². The van der Waals surface area contributed by atoms with Gasteiger partial charge in [0.2, 0.25) is 0 Å². The summed E-state index contributed by atoms with van der Waals surface area (Å²) in [5, 5.41) is 11.7. The molecule has 0 fully saturated rings. The van der Waals surface area contributed by atoms with Crippen molar-refractivity contribution >= 4 is 33.3 Å². The number of hydrogen-bond acceptors (Lipinski definition) is 5. The maximum Gasteiger partial charge on any atom is 0.274 e. The minimum atomic E-state index is -0.416. The van der Waals surface area contributed by atoms with E-state index in [0.717, 1.165) is 4.47 Å². The second-order valence-electron chi connectivity index (χ2n) is 3.81. The van der Waals surface area contributed by atoms with Crippen LogP contribution >= 0.6 is 15.9 Å². The minimum Gasteiger partial charge on any atom is -0.319 e. The second kappa shape index (κ2) is 6.14. The molecule has 0 saturated carbocycles. The molecule has 0 saturated heterocycles. The zero-order valence-electron chi connectivity index (χ0n) is 10.2. The molecular formula is C13H10BrN5O. The molecule has 2 aromatic rings. The standard InChI is InChI=1S/C13H10BrN5O/c14-9-4-5-10(8(6-9)7-15)18-13(20)11-2-1-3-12(17-11)19-16/h1-6H,16H2,(H,17,19)(H,18,20). The van der Waals surface area contributed by atoms with Crippen molar-refractivity contribution in [1.82, 2.24) is 4.98 Å². The lowest BCUT2D eigenvalue weighted by Gasteiger charge is -2.07. The molecule has 7 heteroatoms. The Hall–Kier alpha value is -2.43. The van der Waals surface area contributed by atoms with Crippen molar-refractivity contribution in [2.75, 3.05) is 10.7 Å². The Morgan fingerprint density at radius 1 is 1.35 bits per heavy atom. The molecule has 0 unspecified atom stereocenters. The van der Waals surface area contributed by atoms with Gasteiger partial charge in [-0.15, -0.1) is 0 Å². The number of nitrogens with one attached hydrogen (secondary N) is 2. The fourth-order valence-corrected chi connectivity index (χ4v) is 1.91. The maximum atomic E-state index is 12.1. The first-order valence-corrected chi connectivity index (χ1v) is 6.38. The summed E-state index contributed by atoms with van der Waals surface area (Å²) in [5.74, 6) is 5.21. The van der Waals surface area contributed by atoms with E-state index in [2.05, 4.69) is 31.7 Å². The van der Waals surface area contributed by atoms with E-state index in [-0.39, 0.29) is 5.69 Å². The van der Waals surface area contributed by atoms with E-state index in [1.54, 1.807) is 36.4 Å². The molecule has 6 nitrogen and oxygen atoms in total. The highest BCUT2D eigenvalue weighted by atomic mass is 79.9. The number of aromatic nitrogens is 1. The largest absolute Gasteiger partial charge is 0.319 e. The van der Waals surface area contributed by atoms with Crippen LogP contribution in [0.1, 0.15) is 16.1 Å². The molecular weight excluding hydrogens is 322 g/mol. The molecule has 0 bridgehead atoms. The average molecular weight is 332 g/mol. The number of rotatable bonds is 3. The minimum absolute atomic E-state index is 0.201. The summed E-state index contributed by atoms with van der Waals surface area (Å²) in [4.78, 5) is 16.1. The number of nitrogen functional groups attached to an aromatic ring is 1. The van der Waals surface area contributed by atoms with Crippen LogP contribution in [0.2, 0.25) is 0 Å². The van der Waals surface area contributed by atoms with Crippen LogP contribution in [0.3, 0.4) is 0 Å². The van der Waals surface area contributed by atoms with E-state index in [1.165, 1.54) is 0 Å². The normalized spacial score (nSPS) is 9.65. The smallest absolute Gasteiger partial charge is 0.274 e. The van der Waals surface area contributed by atoms with Crippen molar-refractivity contribution in [3.63, 3.8) is 0 Å².